The molecular weight excluding hydrogens is 326 g/mol. The van der Waals surface area contributed by atoms with E-state index in [1.54, 1.807) is 0 Å². The van der Waals surface area contributed by atoms with Crippen LogP contribution in [0.3, 0.4) is 0 Å². The van der Waals surface area contributed by atoms with Crippen molar-refractivity contribution in [2.75, 3.05) is 18.0 Å². The highest BCUT2D eigenvalue weighted by Crippen LogP contribution is 2.30. The number of carbonyl (C=O) groups is 2. The van der Waals surface area contributed by atoms with E-state index >= 15 is 0 Å². The number of nitrogens with one attached hydrogen (secondary N) is 1. The van der Waals surface area contributed by atoms with E-state index in [1.165, 1.54) is 11.3 Å². The van der Waals surface area contributed by atoms with Gasteiger partial charge in [0.1, 0.15) is 10.5 Å². The van der Waals surface area contributed by atoms with Gasteiger partial charge in [0.15, 0.2) is 16.6 Å². The molecule has 8 heteroatoms. The second kappa shape index (κ2) is 6.83. The minimum absolute atomic E-state index is 0.0899. The molecule has 0 aliphatic carbocycles. The van der Waals surface area contributed by atoms with Crippen molar-refractivity contribution in [3.8, 4) is 0 Å². The van der Waals surface area contributed by atoms with Crippen LogP contribution in [-0.4, -0.2) is 42.1 Å². The molecule has 0 atom stereocenters. The van der Waals surface area contributed by atoms with Crippen LogP contribution in [0.1, 0.15) is 43.3 Å². The monoisotopic (exact) mass is 345 g/mol. The first-order valence-electron chi connectivity index (χ1n) is 7.14. The molecule has 1 saturated heterocycles. The third-order valence-electron chi connectivity index (χ3n) is 3.19. The van der Waals surface area contributed by atoms with Crippen LogP contribution in [0.4, 0.5) is 9.93 Å². The summed E-state index contributed by atoms with van der Waals surface area (Å²) < 4.78 is 5.26. The van der Waals surface area contributed by atoms with Gasteiger partial charge in [0, 0.05) is 19.1 Å². The lowest BCUT2D eigenvalue weighted by atomic mass is 10.1. The standard InChI is InChI=1S/C14H20ClN3O3S/c1-14(2,3)21-13(20)16-9-4-6-18(7-5-9)12-17-11(15)10(8-19)22-12/h8-9H,4-7H2,1-3H3,(H,16,20). The summed E-state index contributed by atoms with van der Waals surface area (Å²) in [6.07, 6.45) is 1.94. The molecule has 0 spiro atoms. The number of alkyl carbamates (subject to hydrolysis) is 1. The molecular formula is C14H20ClN3O3S. The van der Waals surface area contributed by atoms with Crippen LogP contribution >= 0.6 is 22.9 Å². The summed E-state index contributed by atoms with van der Waals surface area (Å²) in [6.45, 7) is 7.02. The molecule has 22 heavy (non-hydrogen) atoms. The maximum Gasteiger partial charge on any atom is 0.407 e. The fourth-order valence-electron chi connectivity index (χ4n) is 2.20. The van der Waals surface area contributed by atoms with E-state index in [2.05, 4.69) is 15.2 Å². The van der Waals surface area contributed by atoms with Gasteiger partial charge in [-0.15, -0.1) is 0 Å². The maximum absolute atomic E-state index is 11.8. The zero-order chi connectivity index (χ0) is 16.3. The van der Waals surface area contributed by atoms with Crippen LogP contribution in [0.5, 0.6) is 0 Å². The van der Waals surface area contributed by atoms with Crippen molar-refractivity contribution < 1.29 is 14.3 Å². The van der Waals surface area contributed by atoms with Crippen molar-refractivity contribution in [3.05, 3.63) is 10.0 Å². The predicted octanol–water partition coefficient (Wildman–Crippen LogP) is 3.10. The first kappa shape index (κ1) is 17.0. The molecule has 0 radical (unpaired) electrons. The minimum atomic E-state index is -0.492. The quantitative estimate of drug-likeness (QED) is 0.852. The Hall–Kier alpha value is -1.34. The largest absolute Gasteiger partial charge is 0.444 e. The second-order valence-corrected chi connectivity index (χ2v) is 7.54. The van der Waals surface area contributed by atoms with Gasteiger partial charge in [0.05, 0.1) is 0 Å². The second-order valence-electron chi connectivity index (χ2n) is 6.18. The third-order valence-corrected chi connectivity index (χ3v) is 4.63. The van der Waals surface area contributed by atoms with E-state index in [4.69, 9.17) is 16.3 Å². The molecule has 1 aromatic rings. The lowest BCUT2D eigenvalue weighted by molar-refractivity contribution is 0.0497. The summed E-state index contributed by atoms with van der Waals surface area (Å²) in [5, 5.41) is 3.89. The first-order valence-corrected chi connectivity index (χ1v) is 8.34. The van der Waals surface area contributed by atoms with Gasteiger partial charge in [-0.2, -0.15) is 0 Å². The van der Waals surface area contributed by atoms with Gasteiger partial charge in [0.25, 0.3) is 0 Å². The number of ether oxygens (including phenoxy) is 1. The Balaban J connectivity index is 1.85. The number of thiazole rings is 1. The molecule has 0 saturated carbocycles. The van der Waals surface area contributed by atoms with Crippen LogP contribution in [0, 0.1) is 0 Å². The number of piperidine rings is 1. The maximum atomic E-state index is 11.8. The number of aromatic nitrogens is 1. The van der Waals surface area contributed by atoms with Gasteiger partial charge in [-0.05, 0) is 33.6 Å². The van der Waals surface area contributed by atoms with Crippen molar-refractivity contribution >= 4 is 40.4 Å². The molecule has 0 unspecified atom stereocenters. The van der Waals surface area contributed by atoms with Crippen molar-refractivity contribution in [3.63, 3.8) is 0 Å². The molecule has 2 heterocycles. The Morgan fingerprint density at radius 1 is 1.45 bits per heavy atom. The van der Waals surface area contributed by atoms with Gasteiger partial charge < -0.3 is 15.0 Å². The summed E-state index contributed by atoms with van der Waals surface area (Å²) in [6, 6.07) is 0.0899. The minimum Gasteiger partial charge on any atom is -0.444 e. The molecule has 0 bridgehead atoms. The molecule has 1 fully saturated rings. The summed E-state index contributed by atoms with van der Waals surface area (Å²) in [5.41, 5.74) is -0.492. The number of carbonyl (C=O) groups excluding carboxylic acids is 2. The van der Waals surface area contributed by atoms with Gasteiger partial charge in [-0.3, -0.25) is 4.79 Å². The Labute approximate surface area is 138 Å². The number of hydrogen-bond acceptors (Lipinski definition) is 6. The molecule has 1 aliphatic rings. The van der Waals surface area contributed by atoms with E-state index in [1.807, 2.05) is 20.8 Å². The average molecular weight is 346 g/mol. The SMILES string of the molecule is CC(C)(C)OC(=O)NC1CCN(c2nc(Cl)c(C=O)s2)CC1. The van der Waals surface area contributed by atoms with Gasteiger partial charge in [-0.25, -0.2) is 9.78 Å². The molecule has 1 aliphatic heterocycles. The van der Waals surface area contributed by atoms with Crippen LogP contribution < -0.4 is 10.2 Å². The zero-order valence-electron chi connectivity index (χ0n) is 12.9. The molecule has 0 aromatic carbocycles. The number of aldehydes is 1. The van der Waals surface area contributed by atoms with Gasteiger partial charge in [-0.1, -0.05) is 22.9 Å². The van der Waals surface area contributed by atoms with E-state index in [-0.39, 0.29) is 17.3 Å². The number of amides is 1. The molecule has 1 N–H and O–H groups in total. The Kier molecular flexibility index (Phi) is 5.28. The topological polar surface area (TPSA) is 71.5 Å². The zero-order valence-corrected chi connectivity index (χ0v) is 14.5. The van der Waals surface area contributed by atoms with E-state index in [9.17, 15) is 9.59 Å². The Bertz CT molecular complexity index is 548. The van der Waals surface area contributed by atoms with Crippen molar-refractivity contribution in [2.45, 2.75) is 45.3 Å². The average Bonchev–Trinajstić information content (AvgIpc) is 2.78. The lowest BCUT2D eigenvalue weighted by Gasteiger charge is -2.32. The van der Waals surface area contributed by atoms with Crippen molar-refractivity contribution in [2.24, 2.45) is 0 Å². The number of hydrogen-bond donors (Lipinski definition) is 1. The molecule has 1 aromatic heterocycles. The van der Waals surface area contributed by atoms with Crippen LogP contribution in [-0.2, 0) is 4.74 Å². The first-order chi connectivity index (χ1) is 10.3. The highest BCUT2D eigenvalue weighted by atomic mass is 35.5. The number of rotatable bonds is 3. The van der Waals surface area contributed by atoms with Crippen LogP contribution in [0.15, 0.2) is 0 Å². The molecule has 2 rings (SSSR count). The Morgan fingerprint density at radius 2 is 2.09 bits per heavy atom. The summed E-state index contributed by atoms with van der Waals surface area (Å²) in [4.78, 5) is 29.3. The highest BCUT2D eigenvalue weighted by Gasteiger charge is 2.25. The van der Waals surface area contributed by atoms with Crippen LogP contribution in [0.25, 0.3) is 0 Å². The normalized spacial score (nSPS) is 16.5. The molecule has 6 nitrogen and oxygen atoms in total. The van der Waals surface area contributed by atoms with Crippen molar-refractivity contribution in [1.82, 2.24) is 10.3 Å². The number of halogens is 1. The van der Waals surface area contributed by atoms with Gasteiger partial charge in [0.2, 0.25) is 0 Å². The summed E-state index contributed by atoms with van der Waals surface area (Å²) in [7, 11) is 0. The predicted molar refractivity (Wildman–Crippen MR) is 87.1 cm³/mol. The lowest BCUT2D eigenvalue weighted by Crippen LogP contribution is -2.46. The summed E-state index contributed by atoms with van der Waals surface area (Å²) >= 11 is 7.18. The smallest absolute Gasteiger partial charge is 0.407 e. The Morgan fingerprint density at radius 3 is 2.59 bits per heavy atom. The van der Waals surface area contributed by atoms with E-state index in [0.29, 0.717) is 4.88 Å². The summed E-state index contributed by atoms with van der Waals surface area (Å²) in [5.74, 6) is 0. The van der Waals surface area contributed by atoms with E-state index in [0.717, 1.165) is 37.3 Å². The van der Waals surface area contributed by atoms with Crippen molar-refractivity contribution in [1.29, 1.82) is 0 Å². The van der Waals surface area contributed by atoms with Crippen LogP contribution in [0.2, 0.25) is 5.15 Å². The fraction of sp³-hybridized carbons (Fsp3) is 0.643. The number of anilines is 1. The van der Waals surface area contributed by atoms with Gasteiger partial charge >= 0.3 is 6.09 Å². The fourth-order valence-corrected chi connectivity index (χ4v) is 3.31. The van der Waals surface area contributed by atoms with E-state index < -0.39 is 5.60 Å². The number of nitrogens with zero attached hydrogens (tertiary/aromatic N) is 2. The third kappa shape index (κ3) is 4.58. The molecule has 122 valence electrons. The molecule has 1 amide bonds. The highest BCUT2D eigenvalue weighted by molar-refractivity contribution is 7.17.